The maximum absolute atomic E-state index is 10.6. The van der Waals surface area contributed by atoms with E-state index in [0.717, 1.165) is 11.4 Å². The van der Waals surface area contributed by atoms with Crippen molar-refractivity contribution < 1.29 is 9.90 Å². The number of carbonyl (C=O) groups is 1. The third kappa shape index (κ3) is 2.37. The van der Waals surface area contributed by atoms with Crippen molar-refractivity contribution in [3.05, 3.63) is 17.7 Å². The summed E-state index contributed by atoms with van der Waals surface area (Å²) in [6.07, 6.45) is 2.06. The number of hydrogen-bond acceptors (Lipinski definition) is 3. The van der Waals surface area contributed by atoms with E-state index in [1.807, 2.05) is 0 Å². The molecule has 0 radical (unpaired) electrons. The smallest absolute Gasteiger partial charge is 0.321 e. The molecule has 14 heavy (non-hydrogen) atoms. The van der Waals surface area contributed by atoms with Crippen LogP contribution in [0.2, 0.25) is 0 Å². The van der Waals surface area contributed by atoms with Crippen LogP contribution in [0.1, 0.15) is 11.4 Å². The quantitative estimate of drug-likeness (QED) is 0.662. The van der Waals surface area contributed by atoms with E-state index in [1.54, 1.807) is 6.33 Å². The number of H-pyrrole nitrogens is 1. The molecule has 0 spiro atoms. The number of aromatic nitrogens is 2. The van der Waals surface area contributed by atoms with Crippen molar-refractivity contribution in [2.24, 2.45) is 0 Å². The molecule has 1 aliphatic rings. The molecule has 5 nitrogen and oxygen atoms in total. The van der Waals surface area contributed by atoms with Crippen molar-refractivity contribution in [1.29, 1.82) is 0 Å². The molecule has 3 N–H and O–H groups in total. The molecule has 2 heterocycles. The molecule has 2 rings (SSSR count). The molecule has 1 aromatic rings. The Morgan fingerprint density at radius 1 is 1.57 bits per heavy atom. The van der Waals surface area contributed by atoms with Gasteiger partial charge in [-0.25, -0.2) is 4.98 Å². The Labute approximate surface area is 93.1 Å². The molecule has 7 heteroatoms. The fourth-order valence-electron chi connectivity index (χ4n) is 1.34. The van der Waals surface area contributed by atoms with Gasteiger partial charge in [-0.3, -0.25) is 10.1 Å². The van der Waals surface area contributed by atoms with Crippen LogP contribution in [-0.4, -0.2) is 27.1 Å². The van der Waals surface area contributed by atoms with Crippen molar-refractivity contribution in [1.82, 2.24) is 15.3 Å². The fraction of sp³-hybridized carbons (Fsp3) is 0.429. The van der Waals surface area contributed by atoms with E-state index < -0.39 is 12.0 Å². The molecule has 0 bridgehead atoms. The number of carboxylic acids is 1. The van der Waals surface area contributed by atoms with Gasteiger partial charge in [0.1, 0.15) is 6.04 Å². The number of aliphatic carboxylic acids is 1. The predicted octanol–water partition coefficient (Wildman–Crippen LogP) is 0.352. The van der Waals surface area contributed by atoms with Gasteiger partial charge in [0.2, 0.25) is 0 Å². The molecule has 0 aliphatic carbocycles. The third-order valence-electron chi connectivity index (χ3n) is 2.03. The number of fused-ring (bicyclic) bond motifs is 1. The van der Waals surface area contributed by atoms with Gasteiger partial charge in [0.25, 0.3) is 0 Å². The number of imidazole rings is 1. The zero-order valence-electron chi connectivity index (χ0n) is 7.19. The van der Waals surface area contributed by atoms with Crippen molar-refractivity contribution in [3.63, 3.8) is 0 Å². The number of carboxylic acid groups (broad SMARTS) is 1. The van der Waals surface area contributed by atoms with Crippen molar-refractivity contribution >= 4 is 30.8 Å². The Morgan fingerprint density at radius 2 is 2.29 bits per heavy atom. The molecule has 0 aromatic carbocycles. The Kier molecular flexibility index (Phi) is 4.90. The minimum Gasteiger partial charge on any atom is -0.480 e. The van der Waals surface area contributed by atoms with Gasteiger partial charge in [0.15, 0.2) is 0 Å². The van der Waals surface area contributed by atoms with E-state index in [4.69, 9.17) is 5.11 Å². The summed E-state index contributed by atoms with van der Waals surface area (Å²) < 4.78 is 0. The first kappa shape index (κ1) is 13.2. The van der Waals surface area contributed by atoms with Gasteiger partial charge in [-0.05, 0) is 0 Å². The summed E-state index contributed by atoms with van der Waals surface area (Å²) in [5.74, 6) is -0.816. The maximum Gasteiger partial charge on any atom is 0.321 e. The minimum absolute atomic E-state index is 0. The molecular weight excluding hydrogens is 229 g/mol. The van der Waals surface area contributed by atoms with Crippen LogP contribution < -0.4 is 5.32 Å². The summed E-state index contributed by atoms with van der Waals surface area (Å²) in [7, 11) is 0. The topological polar surface area (TPSA) is 78.0 Å². The summed E-state index contributed by atoms with van der Waals surface area (Å²) in [5.41, 5.74) is 1.86. The zero-order chi connectivity index (χ0) is 8.55. The number of halogens is 2. The van der Waals surface area contributed by atoms with Crippen LogP contribution in [0.3, 0.4) is 0 Å². The summed E-state index contributed by atoms with van der Waals surface area (Å²) >= 11 is 0. The van der Waals surface area contributed by atoms with Crippen molar-refractivity contribution in [3.8, 4) is 0 Å². The van der Waals surface area contributed by atoms with Gasteiger partial charge >= 0.3 is 5.97 Å². The highest BCUT2D eigenvalue weighted by Gasteiger charge is 2.24. The molecule has 0 fully saturated rings. The van der Waals surface area contributed by atoms with E-state index in [9.17, 15) is 4.79 Å². The Morgan fingerprint density at radius 3 is 2.93 bits per heavy atom. The molecule has 0 unspecified atom stereocenters. The Bertz CT molecular complexity index is 316. The lowest BCUT2D eigenvalue weighted by Gasteiger charge is -2.18. The number of aromatic amines is 1. The van der Waals surface area contributed by atoms with Crippen LogP contribution in [0, 0.1) is 0 Å². The normalized spacial score (nSPS) is 18.7. The molecule has 0 saturated carbocycles. The lowest BCUT2D eigenvalue weighted by atomic mass is 10.1. The van der Waals surface area contributed by atoms with E-state index in [2.05, 4.69) is 15.3 Å². The van der Waals surface area contributed by atoms with E-state index in [-0.39, 0.29) is 24.8 Å². The van der Waals surface area contributed by atoms with Crippen LogP contribution in [0.5, 0.6) is 0 Å². The van der Waals surface area contributed by atoms with Gasteiger partial charge in [0.05, 0.1) is 17.7 Å². The van der Waals surface area contributed by atoms with Crippen molar-refractivity contribution in [2.45, 2.75) is 19.0 Å². The summed E-state index contributed by atoms with van der Waals surface area (Å²) in [6.45, 7) is 0.562. The fourth-order valence-corrected chi connectivity index (χ4v) is 1.34. The molecule has 0 saturated heterocycles. The molecule has 0 amide bonds. The van der Waals surface area contributed by atoms with Crippen LogP contribution in [0.25, 0.3) is 0 Å². The SMILES string of the molecule is Cl.Cl.O=C(O)[C@@H]1Cc2nc[nH]c2CN1. The maximum atomic E-state index is 10.6. The zero-order valence-corrected chi connectivity index (χ0v) is 8.82. The average Bonchev–Trinajstić information content (AvgIpc) is 2.49. The van der Waals surface area contributed by atoms with Gasteiger partial charge in [-0.2, -0.15) is 0 Å². The lowest BCUT2D eigenvalue weighted by Crippen LogP contribution is -2.41. The first-order valence-corrected chi connectivity index (χ1v) is 3.74. The summed E-state index contributed by atoms with van der Waals surface area (Å²) in [4.78, 5) is 17.6. The second kappa shape index (κ2) is 5.19. The predicted molar refractivity (Wildman–Crippen MR) is 55.1 cm³/mol. The first-order valence-electron chi connectivity index (χ1n) is 3.74. The number of nitrogens with one attached hydrogen (secondary N) is 2. The number of hydrogen-bond donors (Lipinski definition) is 3. The van der Waals surface area contributed by atoms with Gasteiger partial charge in [-0.15, -0.1) is 24.8 Å². The Balaban J connectivity index is 0.000000845. The summed E-state index contributed by atoms with van der Waals surface area (Å²) in [5, 5.41) is 11.6. The second-order valence-corrected chi connectivity index (χ2v) is 2.80. The molecular formula is C7H11Cl2N3O2. The van der Waals surface area contributed by atoms with E-state index in [0.29, 0.717) is 13.0 Å². The van der Waals surface area contributed by atoms with E-state index >= 15 is 0 Å². The average molecular weight is 240 g/mol. The van der Waals surface area contributed by atoms with E-state index in [1.165, 1.54) is 0 Å². The number of nitrogens with zero attached hydrogens (tertiary/aromatic N) is 1. The monoisotopic (exact) mass is 239 g/mol. The molecule has 80 valence electrons. The first-order chi connectivity index (χ1) is 5.77. The molecule has 1 aliphatic heterocycles. The van der Waals surface area contributed by atoms with Gasteiger partial charge in [0, 0.05) is 13.0 Å². The van der Waals surface area contributed by atoms with Crippen molar-refractivity contribution in [2.75, 3.05) is 0 Å². The highest BCUT2D eigenvalue weighted by molar-refractivity contribution is 5.85. The van der Waals surface area contributed by atoms with Crippen LogP contribution in [0.15, 0.2) is 6.33 Å². The van der Waals surface area contributed by atoms with Crippen LogP contribution in [0.4, 0.5) is 0 Å². The second-order valence-electron chi connectivity index (χ2n) is 2.80. The molecule has 1 atom stereocenters. The standard InChI is InChI=1S/C7H9N3O2.2ClH/c11-7(12)5-1-4-6(2-8-5)10-3-9-4;;/h3,5,8H,1-2H2,(H,9,10)(H,11,12);2*1H/t5-;;/m0../s1. The third-order valence-corrected chi connectivity index (χ3v) is 2.03. The van der Waals surface area contributed by atoms with Crippen LogP contribution >= 0.6 is 24.8 Å². The highest BCUT2D eigenvalue weighted by atomic mass is 35.5. The lowest BCUT2D eigenvalue weighted by molar-refractivity contribution is -0.139. The summed E-state index contributed by atoms with van der Waals surface area (Å²) in [6, 6.07) is -0.485. The Hall–Kier alpha value is -0.780. The largest absolute Gasteiger partial charge is 0.480 e. The van der Waals surface area contributed by atoms with Gasteiger partial charge < -0.3 is 10.1 Å². The molecule has 1 aromatic heterocycles. The number of rotatable bonds is 1. The van der Waals surface area contributed by atoms with Crippen LogP contribution in [-0.2, 0) is 17.8 Å². The minimum atomic E-state index is -0.816. The highest BCUT2D eigenvalue weighted by Crippen LogP contribution is 2.11. The van der Waals surface area contributed by atoms with Gasteiger partial charge in [-0.1, -0.05) is 0 Å².